The lowest BCUT2D eigenvalue weighted by molar-refractivity contribution is -0.115. The number of anilines is 1. The number of rotatable bonds is 4. The molecule has 0 radical (unpaired) electrons. The van der Waals surface area contributed by atoms with Crippen LogP contribution in [0, 0.1) is 5.92 Å². The Morgan fingerprint density at radius 3 is 2.57 bits per heavy atom. The van der Waals surface area contributed by atoms with Gasteiger partial charge in [0.1, 0.15) is 0 Å². The average Bonchev–Trinajstić information content (AvgIpc) is 2.92. The third kappa shape index (κ3) is 3.26. The summed E-state index contributed by atoms with van der Waals surface area (Å²) >= 11 is 0. The van der Waals surface area contributed by atoms with Crippen molar-refractivity contribution in [3.63, 3.8) is 0 Å². The van der Waals surface area contributed by atoms with E-state index in [0.717, 1.165) is 16.8 Å². The van der Waals surface area contributed by atoms with Gasteiger partial charge in [-0.2, -0.15) is 0 Å². The molecule has 23 heavy (non-hydrogen) atoms. The Kier molecular flexibility index (Phi) is 4.15. The monoisotopic (exact) mass is 308 g/mol. The quantitative estimate of drug-likeness (QED) is 0.910. The number of benzene rings is 2. The van der Waals surface area contributed by atoms with Crippen LogP contribution in [-0.2, 0) is 11.2 Å². The van der Waals surface area contributed by atoms with E-state index in [9.17, 15) is 9.59 Å². The zero-order valence-corrected chi connectivity index (χ0v) is 13.3. The zero-order valence-electron chi connectivity index (χ0n) is 13.3. The molecule has 1 aliphatic heterocycles. The van der Waals surface area contributed by atoms with Crippen molar-refractivity contribution in [2.24, 2.45) is 5.92 Å². The predicted molar refractivity (Wildman–Crippen MR) is 90.3 cm³/mol. The molecule has 2 N–H and O–H groups in total. The van der Waals surface area contributed by atoms with E-state index in [4.69, 9.17) is 0 Å². The highest BCUT2D eigenvalue weighted by molar-refractivity contribution is 6.01. The number of hydrogen-bond acceptors (Lipinski definition) is 2. The Balaban J connectivity index is 1.80. The molecular weight excluding hydrogens is 288 g/mol. The summed E-state index contributed by atoms with van der Waals surface area (Å²) in [6.07, 6.45) is 0.336. The summed E-state index contributed by atoms with van der Waals surface area (Å²) in [5.74, 6) is 0.135. The molecule has 0 aromatic heterocycles. The summed E-state index contributed by atoms with van der Waals surface area (Å²) in [6.45, 7) is 4.17. The fourth-order valence-corrected chi connectivity index (χ4v) is 2.89. The molecule has 1 aliphatic rings. The molecule has 118 valence electrons. The van der Waals surface area contributed by atoms with Crippen molar-refractivity contribution in [3.05, 3.63) is 65.2 Å². The third-order valence-electron chi connectivity index (χ3n) is 4.10. The molecule has 0 aliphatic carbocycles. The molecule has 1 atom stereocenters. The van der Waals surface area contributed by atoms with E-state index in [0.29, 0.717) is 12.0 Å². The van der Waals surface area contributed by atoms with Gasteiger partial charge in [0, 0.05) is 11.3 Å². The van der Waals surface area contributed by atoms with Crippen molar-refractivity contribution in [3.8, 4) is 0 Å². The lowest BCUT2D eigenvalue weighted by atomic mass is 9.95. The van der Waals surface area contributed by atoms with Gasteiger partial charge >= 0.3 is 0 Å². The minimum Gasteiger partial charge on any atom is -0.345 e. The number of amides is 2. The van der Waals surface area contributed by atoms with Gasteiger partial charge in [0.2, 0.25) is 5.91 Å². The summed E-state index contributed by atoms with van der Waals surface area (Å²) in [5.41, 5.74) is 3.36. The third-order valence-corrected chi connectivity index (χ3v) is 4.10. The van der Waals surface area contributed by atoms with Crippen LogP contribution in [0.4, 0.5) is 5.69 Å². The van der Waals surface area contributed by atoms with Crippen LogP contribution in [0.25, 0.3) is 0 Å². The molecule has 4 nitrogen and oxygen atoms in total. The van der Waals surface area contributed by atoms with Crippen molar-refractivity contribution in [1.82, 2.24) is 5.32 Å². The van der Waals surface area contributed by atoms with Crippen LogP contribution >= 0.6 is 0 Å². The number of carbonyl (C=O) groups excluding carboxylic acids is 2. The molecule has 0 spiro atoms. The maximum atomic E-state index is 12.6. The molecule has 4 heteroatoms. The number of hydrogen-bond donors (Lipinski definition) is 2. The second kappa shape index (κ2) is 6.24. The molecule has 0 fully saturated rings. The molecule has 3 rings (SSSR count). The minimum absolute atomic E-state index is 0.0260. The Labute approximate surface area is 135 Å². The van der Waals surface area contributed by atoms with Crippen molar-refractivity contribution in [1.29, 1.82) is 0 Å². The van der Waals surface area contributed by atoms with E-state index >= 15 is 0 Å². The van der Waals surface area contributed by atoms with E-state index in [1.54, 1.807) is 18.2 Å². The first-order valence-electron chi connectivity index (χ1n) is 7.83. The van der Waals surface area contributed by atoms with Crippen LogP contribution in [0.2, 0.25) is 0 Å². The largest absolute Gasteiger partial charge is 0.345 e. The van der Waals surface area contributed by atoms with Crippen molar-refractivity contribution >= 4 is 17.5 Å². The van der Waals surface area contributed by atoms with Crippen LogP contribution in [-0.4, -0.2) is 11.8 Å². The first-order valence-corrected chi connectivity index (χ1v) is 7.83. The lowest BCUT2D eigenvalue weighted by Crippen LogP contribution is -2.31. The van der Waals surface area contributed by atoms with E-state index in [2.05, 4.69) is 24.5 Å². The highest BCUT2D eigenvalue weighted by atomic mass is 16.2. The smallest absolute Gasteiger partial charge is 0.251 e. The molecule has 0 unspecified atom stereocenters. The fraction of sp³-hybridized carbons (Fsp3) is 0.263. The molecule has 0 bridgehead atoms. The molecule has 2 amide bonds. The first-order chi connectivity index (χ1) is 11.0. The second-order valence-electron chi connectivity index (χ2n) is 6.20. The topological polar surface area (TPSA) is 58.2 Å². The zero-order chi connectivity index (χ0) is 16.4. The van der Waals surface area contributed by atoms with Gasteiger partial charge in [0.15, 0.2) is 0 Å². The first kappa shape index (κ1) is 15.3. The van der Waals surface area contributed by atoms with Gasteiger partial charge < -0.3 is 10.6 Å². The Morgan fingerprint density at radius 2 is 1.87 bits per heavy atom. The van der Waals surface area contributed by atoms with Crippen LogP contribution in [0.3, 0.4) is 0 Å². The van der Waals surface area contributed by atoms with Gasteiger partial charge in [-0.3, -0.25) is 9.59 Å². The summed E-state index contributed by atoms with van der Waals surface area (Å²) in [5, 5.41) is 5.88. The van der Waals surface area contributed by atoms with Crippen LogP contribution in [0.1, 0.15) is 41.4 Å². The average molecular weight is 308 g/mol. The van der Waals surface area contributed by atoms with E-state index in [1.165, 1.54) is 0 Å². The maximum Gasteiger partial charge on any atom is 0.251 e. The Morgan fingerprint density at radius 1 is 1.13 bits per heavy atom. The Hall–Kier alpha value is -2.62. The van der Waals surface area contributed by atoms with Crippen molar-refractivity contribution < 1.29 is 9.59 Å². The summed E-state index contributed by atoms with van der Waals surface area (Å²) in [7, 11) is 0. The van der Waals surface area contributed by atoms with Crippen LogP contribution in [0.5, 0.6) is 0 Å². The van der Waals surface area contributed by atoms with Crippen molar-refractivity contribution in [2.45, 2.75) is 26.3 Å². The van der Waals surface area contributed by atoms with Gasteiger partial charge in [0.05, 0.1) is 12.5 Å². The van der Waals surface area contributed by atoms with Crippen LogP contribution < -0.4 is 10.6 Å². The van der Waals surface area contributed by atoms with Gasteiger partial charge in [-0.15, -0.1) is 0 Å². The Bertz CT molecular complexity index is 738. The van der Waals surface area contributed by atoms with Gasteiger partial charge in [-0.1, -0.05) is 44.2 Å². The second-order valence-corrected chi connectivity index (χ2v) is 6.20. The van der Waals surface area contributed by atoms with E-state index < -0.39 is 0 Å². The molecule has 0 saturated carbocycles. The highest BCUT2D eigenvalue weighted by Crippen LogP contribution is 2.25. The standard InChI is InChI=1S/C19H20N2O2/c1-12(2)18(13-6-4-3-5-7-13)21-19(23)14-8-9-16-15(10-14)11-17(22)20-16/h3-10,12,18H,11H2,1-2H3,(H,20,22)(H,21,23)/t18-/m1/s1. The predicted octanol–water partition coefficient (Wildman–Crippen LogP) is 3.31. The lowest BCUT2D eigenvalue weighted by Gasteiger charge is -2.23. The highest BCUT2D eigenvalue weighted by Gasteiger charge is 2.22. The molecule has 0 saturated heterocycles. The fourth-order valence-electron chi connectivity index (χ4n) is 2.89. The van der Waals surface area contributed by atoms with Crippen LogP contribution in [0.15, 0.2) is 48.5 Å². The summed E-state index contributed by atoms with van der Waals surface area (Å²) in [6, 6.07) is 15.3. The van der Waals surface area contributed by atoms with Gasteiger partial charge in [-0.25, -0.2) is 0 Å². The minimum atomic E-state index is -0.116. The normalized spacial score (nSPS) is 14.3. The molecule has 1 heterocycles. The van der Waals surface area contributed by atoms with E-state index in [1.807, 2.05) is 30.3 Å². The number of fused-ring (bicyclic) bond motifs is 1. The maximum absolute atomic E-state index is 12.6. The number of carbonyl (C=O) groups is 2. The summed E-state index contributed by atoms with van der Waals surface area (Å²) in [4.78, 5) is 24.0. The summed E-state index contributed by atoms with van der Waals surface area (Å²) < 4.78 is 0. The van der Waals surface area contributed by atoms with Crippen molar-refractivity contribution in [2.75, 3.05) is 5.32 Å². The van der Waals surface area contributed by atoms with Gasteiger partial charge in [0.25, 0.3) is 5.91 Å². The molecular formula is C19H20N2O2. The SMILES string of the molecule is CC(C)[C@@H](NC(=O)c1ccc2c(c1)CC(=O)N2)c1ccccc1. The molecule has 2 aromatic carbocycles. The van der Waals surface area contributed by atoms with Gasteiger partial charge in [-0.05, 0) is 35.2 Å². The molecule has 2 aromatic rings. The van der Waals surface area contributed by atoms with E-state index in [-0.39, 0.29) is 23.8 Å². The number of nitrogens with one attached hydrogen (secondary N) is 2.